The molecule has 98 valence electrons. The fraction of sp³-hybridized carbons (Fsp3) is 0.533. The molecule has 0 aromatic heterocycles. The van der Waals surface area contributed by atoms with E-state index in [-0.39, 0.29) is 17.9 Å². The smallest absolute Gasteiger partial charge is 0.309 e. The Morgan fingerprint density at radius 2 is 1.94 bits per heavy atom. The van der Waals surface area contributed by atoms with E-state index in [1.807, 2.05) is 30.3 Å². The zero-order valence-corrected chi connectivity index (χ0v) is 10.7. The van der Waals surface area contributed by atoms with Gasteiger partial charge in [0.25, 0.3) is 0 Å². The molecule has 18 heavy (non-hydrogen) atoms. The van der Waals surface area contributed by atoms with Gasteiger partial charge in [-0.15, -0.1) is 0 Å². The van der Waals surface area contributed by atoms with Crippen molar-refractivity contribution in [2.45, 2.75) is 44.8 Å². The molecule has 1 saturated carbocycles. The number of hydrogen-bond acceptors (Lipinski definition) is 3. The Hall–Kier alpha value is -1.35. The zero-order chi connectivity index (χ0) is 12.8. The maximum atomic E-state index is 12.0. The predicted octanol–water partition coefficient (Wildman–Crippen LogP) is 2.64. The van der Waals surface area contributed by atoms with Gasteiger partial charge in [0.15, 0.2) is 0 Å². The summed E-state index contributed by atoms with van der Waals surface area (Å²) in [4.78, 5) is 12.0. The summed E-state index contributed by atoms with van der Waals surface area (Å²) in [6.45, 7) is 0.377. The van der Waals surface area contributed by atoms with Crippen LogP contribution in [0.5, 0.6) is 0 Å². The normalized spacial score (nSPS) is 24.3. The molecule has 2 rings (SSSR count). The Morgan fingerprint density at radius 1 is 1.17 bits per heavy atom. The van der Waals surface area contributed by atoms with E-state index in [0.717, 1.165) is 37.7 Å². The Morgan fingerprint density at radius 3 is 2.72 bits per heavy atom. The topological polar surface area (TPSA) is 52.3 Å². The first-order valence-electron chi connectivity index (χ1n) is 6.72. The third-order valence-electron chi connectivity index (χ3n) is 3.57. The molecule has 1 aromatic carbocycles. The monoisotopic (exact) mass is 247 g/mol. The summed E-state index contributed by atoms with van der Waals surface area (Å²) in [7, 11) is 0. The number of carbonyl (C=O) groups is 1. The van der Waals surface area contributed by atoms with Crippen LogP contribution in [0, 0.1) is 5.92 Å². The lowest BCUT2D eigenvalue weighted by Gasteiger charge is -2.13. The van der Waals surface area contributed by atoms with Gasteiger partial charge >= 0.3 is 5.97 Å². The van der Waals surface area contributed by atoms with Crippen molar-refractivity contribution in [2.24, 2.45) is 11.7 Å². The molecule has 3 heteroatoms. The van der Waals surface area contributed by atoms with Crippen LogP contribution >= 0.6 is 0 Å². The highest BCUT2D eigenvalue weighted by atomic mass is 16.5. The second kappa shape index (κ2) is 6.55. The number of rotatable bonds is 3. The summed E-state index contributed by atoms with van der Waals surface area (Å²) in [5, 5.41) is 0. The molecule has 0 heterocycles. The molecule has 0 bridgehead atoms. The second-order valence-corrected chi connectivity index (χ2v) is 5.06. The van der Waals surface area contributed by atoms with Crippen LogP contribution in [0.4, 0.5) is 0 Å². The SMILES string of the molecule is NC1CCCC(C(=O)OCc2ccccc2)CC1. The Bertz CT molecular complexity index is 377. The van der Waals surface area contributed by atoms with Crippen molar-refractivity contribution in [2.75, 3.05) is 0 Å². The van der Waals surface area contributed by atoms with Crippen LogP contribution in [-0.4, -0.2) is 12.0 Å². The largest absolute Gasteiger partial charge is 0.461 e. The third-order valence-corrected chi connectivity index (χ3v) is 3.57. The minimum absolute atomic E-state index is 0.0438. The van der Waals surface area contributed by atoms with E-state index in [4.69, 9.17) is 10.5 Å². The summed E-state index contributed by atoms with van der Waals surface area (Å²) >= 11 is 0. The van der Waals surface area contributed by atoms with Gasteiger partial charge in [-0.25, -0.2) is 0 Å². The van der Waals surface area contributed by atoms with Gasteiger partial charge in [-0.3, -0.25) is 4.79 Å². The van der Waals surface area contributed by atoms with E-state index in [2.05, 4.69) is 0 Å². The van der Waals surface area contributed by atoms with Crippen molar-refractivity contribution in [1.82, 2.24) is 0 Å². The van der Waals surface area contributed by atoms with Gasteiger partial charge < -0.3 is 10.5 Å². The maximum absolute atomic E-state index is 12.0. The molecule has 1 aromatic rings. The number of benzene rings is 1. The third kappa shape index (κ3) is 3.84. The minimum atomic E-state index is -0.0621. The number of hydrogen-bond donors (Lipinski definition) is 1. The highest BCUT2D eigenvalue weighted by molar-refractivity contribution is 5.72. The number of ether oxygens (including phenoxy) is 1. The summed E-state index contributed by atoms with van der Waals surface area (Å²) in [5.41, 5.74) is 6.95. The van der Waals surface area contributed by atoms with Gasteiger partial charge in [0.05, 0.1) is 5.92 Å². The lowest BCUT2D eigenvalue weighted by atomic mass is 10.0. The summed E-state index contributed by atoms with van der Waals surface area (Å²) in [6, 6.07) is 10.1. The lowest BCUT2D eigenvalue weighted by molar-refractivity contribution is -0.150. The average Bonchev–Trinajstić information content (AvgIpc) is 2.62. The molecule has 2 atom stereocenters. The van der Waals surface area contributed by atoms with Gasteiger partial charge in [0.2, 0.25) is 0 Å². The average molecular weight is 247 g/mol. The molecule has 0 aliphatic heterocycles. The van der Waals surface area contributed by atoms with Crippen molar-refractivity contribution in [3.05, 3.63) is 35.9 Å². The lowest BCUT2D eigenvalue weighted by Crippen LogP contribution is -2.20. The zero-order valence-electron chi connectivity index (χ0n) is 10.7. The van der Waals surface area contributed by atoms with Crippen LogP contribution in [0.1, 0.15) is 37.7 Å². The molecule has 2 N–H and O–H groups in total. The molecule has 1 fully saturated rings. The highest BCUT2D eigenvalue weighted by Crippen LogP contribution is 2.23. The molecule has 3 nitrogen and oxygen atoms in total. The quantitative estimate of drug-likeness (QED) is 0.660. The highest BCUT2D eigenvalue weighted by Gasteiger charge is 2.23. The van der Waals surface area contributed by atoms with Crippen molar-refractivity contribution >= 4 is 5.97 Å². The van der Waals surface area contributed by atoms with Crippen molar-refractivity contribution in [3.63, 3.8) is 0 Å². The van der Waals surface area contributed by atoms with Crippen LogP contribution in [-0.2, 0) is 16.1 Å². The van der Waals surface area contributed by atoms with E-state index < -0.39 is 0 Å². The van der Waals surface area contributed by atoms with Gasteiger partial charge in [-0.1, -0.05) is 36.8 Å². The fourth-order valence-electron chi connectivity index (χ4n) is 2.41. The molecule has 0 spiro atoms. The maximum Gasteiger partial charge on any atom is 0.309 e. The van der Waals surface area contributed by atoms with Gasteiger partial charge in [-0.05, 0) is 31.2 Å². The van der Waals surface area contributed by atoms with Crippen molar-refractivity contribution in [1.29, 1.82) is 0 Å². The first kappa shape index (κ1) is 13.1. The molecule has 0 amide bonds. The van der Waals surface area contributed by atoms with Crippen molar-refractivity contribution in [3.8, 4) is 0 Å². The standard InChI is InChI=1S/C15H21NO2/c16-14-8-4-7-13(9-10-14)15(17)18-11-12-5-2-1-3-6-12/h1-3,5-6,13-14H,4,7-11,16H2. The number of nitrogens with two attached hydrogens (primary N) is 1. The van der Waals surface area contributed by atoms with Crippen LogP contribution in [0.2, 0.25) is 0 Å². The molecular formula is C15H21NO2. The van der Waals surface area contributed by atoms with Crippen LogP contribution in [0.25, 0.3) is 0 Å². The van der Waals surface area contributed by atoms with Gasteiger partial charge in [0.1, 0.15) is 6.61 Å². The van der Waals surface area contributed by atoms with Crippen LogP contribution in [0.3, 0.4) is 0 Å². The van der Waals surface area contributed by atoms with Crippen molar-refractivity contribution < 1.29 is 9.53 Å². The molecular weight excluding hydrogens is 226 g/mol. The van der Waals surface area contributed by atoms with E-state index in [9.17, 15) is 4.79 Å². The second-order valence-electron chi connectivity index (χ2n) is 5.06. The molecule has 1 aliphatic carbocycles. The fourth-order valence-corrected chi connectivity index (χ4v) is 2.41. The molecule has 0 saturated heterocycles. The summed E-state index contributed by atoms with van der Waals surface area (Å²) in [6.07, 6.45) is 4.79. The van der Waals surface area contributed by atoms with E-state index >= 15 is 0 Å². The van der Waals surface area contributed by atoms with Gasteiger partial charge in [-0.2, -0.15) is 0 Å². The summed E-state index contributed by atoms with van der Waals surface area (Å²) in [5.74, 6) is -0.0183. The summed E-state index contributed by atoms with van der Waals surface area (Å²) < 4.78 is 5.38. The molecule has 2 unspecified atom stereocenters. The van der Waals surface area contributed by atoms with Crippen LogP contribution < -0.4 is 5.73 Å². The van der Waals surface area contributed by atoms with Gasteiger partial charge in [0, 0.05) is 6.04 Å². The minimum Gasteiger partial charge on any atom is -0.461 e. The molecule has 1 aliphatic rings. The van der Waals surface area contributed by atoms with E-state index in [0.29, 0.717) is 6.61 Å². The number of esters is 1. The first-order valence-corrected chi connectivity index (χ1v) is 6.72. The Kier molecular flexibility index (Phi) is 4.76. The first-order chi connectivity index (χ1) is 8.75. The molecule has 0 radical (unpaired) electrons. The number of carbonyl (C=O) groups excluding carboxylic acids is 1. The van der Waals surface area contributed by atoms with E-state index in [1.54, 1.807) is 0 Å². The Balaban J connectivity index is 1.80. The van der Waals surface area contributed by atoms with Crippen LogP contribution in [0.15, 0.2) is 30.3 Å². The predicted molar refractivity (Wildman–Crippen MR) is 70.8 cm³/mol. The Labute approximate surface area is 108 Å². The van der Waals surface area contributed by atoms with E-state index in [1.165, 1.54) is 0 Å².